The highest BCUT2D eigenvalue weighted by atomic mass is 35.5. The van der Waals surface area contributed by atoms with Gasteiger partial charge in [0.15, 0.2) is 10.8 Å². The Balaban J connectivity index is 0.00000124. The van der Waals surface area contributed by atoms with Gasteiger partial charge in [0.2, 0.25) is 0 Å². The number of rotatable bonds is 5. The number of hydrogen-bond acceptors (Lipinski definition) is 6. The molecule has 0 bridgehead atoms. The SMILES string of the molecule is CC.CCC(CC)c1cc(C)nc2c(-c3sc(N4CCOCC4)nc3Cl)c(C)nn12. The van der Waals surface area contributed by atoms with Crippen molar-refractivity contribution in [2.75, 3.05) is 31.2 Å². The molecule has 30 heavy (non-hydrogen) atoms. The molecule has 4 heterocycles. The maximum atomic E-state index is 6.60. The van der Waals surface area contributed by atoms with Crippen molar-refractivity contribution in [3.8, 4) is 10.4 Å². The van der Waals surface area contributed by atoms with Crippen molar-refractivity contribution in [1.82, 2.24) is 19.6 Å². The van der Waals surface area contributed by atoms with E-state index in [0.29, 0.717) is 11.1 Å². The number of morpholine rings is 1. The van der Waals surface area contributed by atoms with Crippen LogP contribution in [0.15, 0.2) is 6.07 Å². The number of thiazole rings is 1. The lowest BCUT2D eigenvalue weighted by atomic mass is 9.98. The van der Waals surface area contributed by atoms with E-state index in [-0.39, 0.29) is 0 Å². The first kappa shape index (κ1) is 23.0. The summed E-state index contributed by atoms with van der Waals surface area (Å²) in [6.07, 6.45) is 2.15. The van der Waals surface area contributed by atoms with Gasteiger partial charge in [0.05, 0.1) is 29.3 Å². The molecule has 3 aromatic heterocycles. The summed E-state index contributed by atoms with van der Waals surface area (Å²) in [6.45, 7) is 15.7. The van der Waals surface area contributed by atoms with Crippen LogP contribution in [0.2, 0.25) is 5.15 Å². The van der Waals surface area contributed by atoms with Crippen molar-refractivity contribution in [2.45, 2.75) is 60.3 Å². The molecule has 4 rings (SSSR count). The zero-order valence-corrected chi connectivity index (χ0v) is 20.4. The molecule has 3 aromatic rings. The van der Waals surface area contributed by atoms with E-state index >= 15 is 0 Å². The number of anilines is 1. The number of aryl methyl sites for hydroxylation is 2. The topological polar surface area (TPSA) is 55.5 Å². The number of aromatic nitrogens is 4. The highest BCUT2D eigenvalue weighted by Crippen LogP contribution is 2.41. The number of hydrogen-bond donors (Lipinski definition) is 0. The Bertz CT molecular complexity index is 989. The highest BCUT2D eigenvalue weighted by molar-refractivity contribution is 7.19. The first-order valence-electron chi connectivity index (χ1n) is 10.9. The molecule has 0 amide bonds. The van der Waals surface area contributed by atoms with Gasteiger partial charge in [0.25, 0.3) is 0 Å². The van der Waals surface area contributed by atoms with Crippen LogP contribution >= 0.6 is 22.9 Å². The minimum absolute atomic E-state index is 0.456. The molecule has 6 nitrogen and oxygen atoms in total. The fourth-order valence-corrected chi connectivity index (χ4v) is 5.31. The molecular formula is C22H32ClN5OS. The van der Waals surface area contributed by atoms with Crippen LogP contribution in [0.4, 0.5) is 5.13 Å². The van der Waals surface area contributed by atoms with Crippen molar-refractivity contribution in [1.29, 1.82) is 0 Å². The first-order chi connectivity index (χ1) is 14.5. The van der Waals surface area contributed by atoms with Gasteiger partial charge in [-0.1, -0.05) is 50.6 Å². The monoisotopic (exact) mass is 449 g/mol. The van der Waals surface area contributed by atoms with E-state index in [9.17, 15) is 0 Å². The van der Waals surface area contributed by atoms with Gasteiger partial charge in [-0.2, -0.15) is 5.10 Å². The van der Waals surface area contributed by atoms with E-state index in [1.165, 1.54) is 5.69 Å². The van der Waals surface area contributed by atoms with E-state index in [4.69, 9.17) is 26.4 Å². The summed E-state index contributed by atoms with van der Waals surface area (Å²) in [7, 11) is 0. The summed E-state index contributed by atoms with van der Waals surface area (Å²) in [5.74, 6) is 0.456. The summed E-state index contributed by atoms with van der Waals surface area (Å²) in [4.78, 5) is 12.7. The average Bonchev–Trinajstić information content (AvgIpc) is 3.30. The molecule has 0 unspecified atom stereocenters. The fraction of sp³-hybridized carbons (Fsp3) is 0.591. The van der Waals surface area contributed by atoms with Crippen molar-refractivity contribution >= 4 is 33.7 Å². The van der Waals surface area contributed by atoms with E-state index in [2.05, 4.69) is 29.8 Å². The summed E-state index contributed by atoms with van der Waals surface area (Å²) in [5.41, 5.74) is 5.03. The maximum Gasteiger partial charge on any atom is 0.187 e. The van der Waals surface area contributed by atoms with Crippen LogP contribution in [0.5, 0.6) is 0 Å². The molecule has 0 radical (unpaired) electrons. The third-order valence-corrected chi connectivity index (χ3v) is 6.93. The van der Waals surface area contributed by atoms with E-state index < -0.39 is 0 Å². The summed E-state index contributed by atoms with van der Waals surface area (Å²) >= 11 is 8.22. The third-order valence-electron chi connectivity index (χ3n) is 5.41. The highest BCUT2D eigenvalue weighted by Gasteiger charge is 2.25. The quantitative estimate of drug-likeness (QED) is 0.486. The Labute approximate surface area is 188 Å². The molecule has 0 aliphatic carbocycles. The van der Waals surface area contributed by atoms with Gasteiger partial charge in [-0.25, -0.2) is 14.5 Å². The molecule has 0 N–H and O–H groups in total. The van der Waals surface area contributed by atoms with Crippen LogP contribution in [0.3, 0.4) is 0 Å². The molecule has 164 valence electrons. The van der Waals surface area contributed by atoms with Crippen LogP contribution in [0.1, 0.15) is 63.5 Å². The predicted molar refractivity (Wildman–Crippen MR) is 126 cm³/mol. The molecule has 1 aliphatic rings. The average molecular weight is 450 g/mol. The Morgan fingerprint density at radius 1 is 1.13 bits per heavy atom. The summed E-state index contributed by atoms with van der Waals surface area (Å²) in [6, 6.07) is 2.16. The number of nitrogens with zero attached hydrogens (tertiary/aromatic N) is 5. The zero-order valence-electron chi connectivity index (χ0n) is 18.8. The predicted octanol–water partition coefficient (Wildman–Crippen LogP) is 5.89. The Hall–Kier alpha value is -1.70. The lowest BCUT2D eigenvalue weighted by Gasteiger charge is -2.25. The van der Waals surface area contributed by atoms with Gasteiger partial charge < -0.3 is 9.64 Å². The van der Waals surface area contributed by atoms with Gasteiger partial charge in [-0.3, -0.25) is 0 Å². The molecule has 0 atom stereocenters. The standard InChI is InChI=1S/C20H26ClN5OS.C2H6/c1-5-14(6-2)15-11-12(3)22-19-16(13(4)24-26(15)19)17-18(21)23-20(28-17)25-7-9-27-10-8-25;1-2/h11,14H,5-10H2,1-4H3;1-2H3. The van der Waals surface area contributed by atoms with Gasteiger partial charge in [0, 0.05) is 30.4 Å². The van der Waals surface area contributed by atoms with E-state index in [1.54, 1.807) is 11.3 Å². The van der Waals surface area contributed by atoms with Crippen LogP contribution in [0.25, 0.3) is 16.1 Å². The van der Waals surface area contributed by atoms with Crippen LogP contribution < -0.4 is 4.90 Å². The Morgan fingerprint density at radius 2 is 1.80 bits per heavy atom. The van der Waals surface area contributed by atoms with Crippen LogP contribution in [-0.2, 0) is 4.74 Å². The summed E-state index contributed by atoms with van der Waals surface area (Å²) in [5, 5.41) is 6.32. The second-order valence-electron chi connectivity index (χ2n) is 7.25. The lowest BCUT2D eigenvalue weighted by Crippen LogP contribution is -2.36. The molecule has 1 fully saturated rings. The minimum Gasteiger partial charge on any atom is -0.378 e. The smallest absolute Gasteiger partial charge is 0.187 e. The van der Waals surface area contributed by atoms with Crippen molar-refractivity contribution in [3.63, 3.8) is 0 Å². The van der Waals surface area contributed by atoms with Crippen molar-refractivity contribution in [2.24, 2.45) is 0 Å². The van der Waals surface area contributed by atoms with Crippen molar-refractivity contribution < 1.29 is 4.74 Å². The second-order valence-corrected chi connectivity index (χ2v) is 8.58. The van der Waals surface area contributed by atoms with Gasteiger partial charge in [0.1, 0.15) is 5.15 Å². The Kier molecular flexibility index (Phi) is 7.71. The largest absolute Gasteiger partial charge is 0.378 e. The fourth-order valence-electron chi connectivity index (χ4n) is 3.87. The normalized spacial score (nSPS) is 14.3. The van der Waals surface area contributed by atoms with Gasteiger partial charge >= 0.3 is 0 Å². The molecule has 0 spiro atoms. The second kappa shape index (κ2) is 10.1. The van der Waals surface area contributed by atoms with Crippen LogP contribution in [-0.4, -0.2) is 45.9 Å². The molecule has 8 heteroatoms. The number of ether oxygens (including phenoxy) is 1. The minimum atomic E-state index is 0.456. The number of halogens is 1. The molecule has 1 aliphatic heterocycles. The summed E-state index contributed by atoms with van der Waals surface area (Å²) < 4.78 is 7.47. The molecule has 0 saturated carbocycles. The maximum absolute atomic E-state index is 6.60. The first-order valence-corrected chi connectivity index (χ1v) is 12.1. The Morgan fingerprint density at radius 3 is 2.43 bits per heavy atom. The zero-order chi connectivity index (χ0) is 21.8. The van der Waals surface area contributed by atoms with E-state index in [0.717, 1.165) is 71.8 Å². The van der Waals surface area contributed by atoms with Crippen molar-refractivity contribution in [3.05, 3.63) is 28.3 Å². The van der Waals surface area contributed by atoms with Crippen LogP contribution in [0, 0.1) is 13.8 Å². The van der Waals surface area contributed by atoms with Gasteiger partial charge in [-0.05, 0) is 32.8 Å². The molecule has 0 aromatic carbocycles. The molecule has 1 saturated heterocycles. The van der Waals surface area contributed by atoms with Gasteiger partial charge in [-0.15, -0.1) is 0 Å². The lowest BCUT2D eigenvalue weighted by molar-refractivity contribution is 0.122. The van der Waals surface area contributed by atoms with E-state index in [1.807, 2.05) is 32.2 Å². The number of fused-ring (bicyclic) bond motifs is 1. The third kappa shape index (κ3) is 4.34. The molecular weight excluding hydrogens is 418 g/mol.